The van der Waals surface area contributed by atoms with Gasteiger partial charge in [0.15, 0.2) is 0 Å². The van der Waals surface area contributed by atoms with Crippen LogP contribution in [0.3, 0.4) is 0 Å². The molecule has 0 amide bonds. The van der Waals surface area contributed by atoms with E-state index in [2.05, 4.69) is 34.1 Å². The molecule has 1 aliphatic carbocycles. The topological polar surface area (TPSA) is 38.7 Å². The standard InChI is InChI=1S/C19H17BrO3/c20-14-5-7-15(8-6-14)23-17-9-13-3-1-2-4-16(13)18(17)19(10-21)11-22-12-19/h1-9,18,21H,10-12H2. The van der Waals surface area contributed by atoms with E-state index in [0.29, 0.717) is 13.2 Å². The zero-order chi connectivity index (χ0) is 15.9. The van der Waals surface area contributed by atoms with Gasteiger partial charge in [-0.2, -0.15) is 0 Å². The van der Waals surface area contributed by atoms with Crippen LogP contribution in [-0.2, 0) is 4.74 Å². The monoisotopic (exact) mass is 372 g/mol. The summed E-state index contributed by atoms with van der Waals surface area (Å²) in [5, 5.41) is 9.97. The number of benzene rings is 2. The summed E-state index contributed by atoms with van der Waals surface area (Å²) >= 11 is 3.44. The SMILES string of the molecule is OCC1(C2C(Oc3ccc(Br)cc3)=Cc3ccccc32)COC1. The molecule has 1 fully saturated rings. The Labute approximate surface area is 143 Å². The van der Waals surface area contributed by atoms with Crippen molar-refractivity contribution in [1.29, 1.82) is 0 Å². The van der Waals surface area contributed by atoms with Crippen molar-refractivity contribution in [3.05, 3.63) is 69.9 Å². The predicted octanol–water partition coefficient (Wildman–Crippen LogP) is 3.98. The van der Waals surface area contributed by atoms with Crippen LogP contribution in [0, 0.1) is 5.41 Å². The molecule has 2 aliphatic rings. The minimum atomic E-state index is -0.284. The number of fused-ring (bicyclic) bond motifs is 1. The molecule has 118 valence electrons. The van der Waals surface area contributed by atoms with Crippen molar-refractivity contribution in [3.8, 4) is 5.75 Å². The van der Waals surface area contributed by atoms with Gasteiger partial charge >= 0.3 is 0 Å². The Hall–Kier alpha value is -1.62. The van der Waals surface area contributed by atoms with Crippen molar-refractivity contribution in [2.24, 2.45) is 5.41 Å². The van der Waals surface area contributed by atoms with Gasteiger partial charge in [-0.15, -0.1) is 0 Å². The minimum absolute atomic E-state index is 0.0288. The van der Waals surface area contributed by atoms with Crippen LogP contribution in [0.1, 0.15) is 17.0 Å². The zero-order valence-electron chi connectivity index (χ0n) is 12.5. The van der Waals surface area contributed by atoms with E-state index >= 15 is 0 Å². The van der Waals surface area contributed by atoms with Crippen molar-refractivity contribution in [3.63, 3.8) is 0 Å². The Bertz CT molecular complexity index is 742. The van der Waals surface area contributed by atoms with E-state index in [4.69, 9.17) is 9.47 Å². The van der Waals surface area contributed by atoms with Gasteiger partial charge in [0.2, 0.25) is 0 Å². The quantitative estimate of drug-likeness (QED) is 0.881. The van der Waals surface area contributed by atoms with E-state index in [9.17, 15) is 5.11 Å². The van der Waals surface area contributed by atoms with Gasteiger partial charge in [-0.3, -0.25) is 0 Å². The van der Waals surface area contributed by atoms with Gasteiger partial charge in [0.05, 0.1) is 31.2 Å². The summed E-state index contributed by atoms with van der Waals surface area (Å²) in [6, 6.07) is 16.1. The molecule has 0 spiro atoms. The molecule has 1 N–H and O–H groups in total. The molecule has 0 aromatic heterocycles. The van der Waals surface area contributed by atoms with Crippen molar-refractivity contribution >= 4 is 22.0 Å². The fraction of sp³-hybridized carbons (Fsp3) is 0.263. The Morgan fingerprint density at radius 1 is 1.13 bits per heavy atom. The van der Waals surface area contributed by atoms with Crippen LogP contribution in [0.5, 0.6) is 5.75 Å². The molecule has 0 radical (unpaired) electrons. The largest absolute Gasteiger partial charge is 0.461 e. The highest BCUT2D eigenvalue weighted by Crippen LogP contribution is 2.51. The lowest BCUT2D eigenvalue weighted by molar-refractivity contribution is -0.148. The van der Waals surface area contributed by atoms with Gasteiger partial charge in [-0.1, -0.05) is 40.2 Å². The predicted molar refractivity (Wildman–Crippen MR) is 92.3 cm³/mol. The molecule has 2 aromatic rings. The first kappa shape index (κ1) is 14.9. The zero-order valence-corrected chi connectivity index (χ0v) is 14.1. The smallest absolute Gasteiger partial charge is 0.127 e. The van der Waals surface area contributed by atoms with Crippen LogP contribution < -0.4 is 4.74 Å². The molecule has 1 atom stereocenters. The summed E-state index contributed by atoms with van der Waals surface area (Å²) in [7, 11) is 0. The van der Waals surface area contributed by atoms with E-state index in [1.165, 1.54) is 5.56 Å². The number of ether oxygens (including phenoxy) is 2. The van der Waals surface area contributed by atoms with Crippen LogP contribution in [0.15, 0.2) is 58.8 Å². The van der Waals surface area contributed by atoms with Gasteiger partial charge in [0.25, 0.3) is 0 Å². The first-order chi connectivity index (χ1) is 11.2. The van der Waals surface area contributed by atoms with Crippen molar-refractivity contribution in [2.45, 2.75) is 5.92 Å². The molecular weight excluding hydrogens is 356 g/mol. The molecule has 1 saturated heterocycles. The number of aliphatic hydroxyl groups excluding tert-OH is 1. The number of halogens is 1. The lowest BCUT2D eigenvalue weighted by atomic mass is 9.71. The Morgan fingerprint density at radius 3 is 2.52 bits per heavy atom. The third-order valence-electron chi connectivity index (χ3n) is 4.64. The third-order valence-corrected chi connectivity index (χ3v) is 5.17. The second-order valence-corrected chi connectivity index (χ2v) is 7.09. The highest BCUT2D eigenvalue weighted by Gasteiger charge is 2.50. The van der Waals surface area contributed by atoms with Gasteiger partial charge in [-0.25, -0.2) is 0 Å². The van der Waals surface area contributed by atoms with Crippen LogP contribution in [-0.4, -0.2) is 24.9 Å². The van der Waals surface area contributed by atoms with E-state index in [1.54, 1.807) is 0 Å². The second-order valence-electron chi connectivity index (χ2n) is 6.18. The van der Waals surface area contributed by atoms with Crippen LogP contribution in [0.25, 0.3) is 6.08 Å². The van der Waals surface area contributed by atoms with Crippen LogP contribution in [0.2, 0.25) is 0 Å². The molecule has 1 aliphatic heterocycles. The van der Waals surface area contributed by atoms with Crippen molar-refractivity contribution < 1.29 is 14.6 Å². The van der Waals surface area contributed by atoms with Crippen LogP contribution in [0.4, 0.5) is 0 Å². The molecule has 0 bridgehead atoms. The number of rotatable bonds is 4. The van der Waals surface area contributed by atoms with Gasteiger partial charge in [-0.05, 0) is 41.5 Å². The normalized spacial score (nSPS) is 21.3. The first-order valence-electron chi connectivity index (χ1n) is 7.64. The summed E-state index contributed by atoms with van der Waals surface area (Å²) in [4.78, 5) is 0. The number of allylic oxidation sites excluding steroid dienone is 1. The molecule has 1 heterocycles. The van der Waals surface area contributed by atoms with E-state index in [0.717, 1.165) is 21.5 Å². The molecule has 4 rings (SSSR count). The molecular formula is C19H17BrO3. The number of hydrogen-bond donors (Lipinski definition) is 1. The summed E-state index contributed by atoms with van der Waals surface area (Å²) in [5.41, 5.74) is 2.08. The number of aliphatic hydroxyl groups is 1. The Balaban J connectivity index is 1.71. The average molecular weight is 373 g/mol. The van der Waals surface area contributed by atoms with Crippen molar-refractivity contribution in [2.75, 3.05) is 19.8 Å². The summed E-state index contributed by atoms with van der Waals surface area (Å²) in [6.45, 7) is 1.21. The molecule has 23 heavy (non-hydrogen) atoms. The van der Waals surface area contributed by atoms with Gasteiger partial charge < -0.3 is 14.6 Å². The maximum Gasteiger partial charge on any atom is 0.127 e. The maximum atomic E-state index is 9.97. The van der Waals surface area contributed by atoms with Gasteiger partial charge in [0, 0.05) is 4.47 Å². The molecule has 1 unspecified atom stereocenters. The minimum Gasteiger partial charge on any atom is -0.461 e. The first-order valence-corrected chi connectivity index (χ1v) is 8.44. The van der Waals surface area contributed by atoms with E-state index < -0.39 is 0 Å². The fourth-order valence-electron chi connectivity index (χ4n) is 3.37. The highest BCUT2D eigenvalue weighted by atomic mass is 79.9. The summed E-state index contributed by atoms with van der Waals surface area (Å²) in [6.07, 6.45) is 2.08. The maximum absolute atomic E-state index is 9.97. The average Bonchev–Trinajstić information content (AvgIpc) is 2.88. The molecule has 4 heteroatoms. The highest BCUT2D eigenvalue weighted by molar-refractivity contribution is 9.10. The third kappa shape index (κ3) is 2.51. The van der Waals surface area contributed by atoms with Crippen LogP contribution >= 0.6 is 15.9 Å². The Kier molecular flexibility index (Phi) is 3.76. The summed E-state index contributed by atoms with van der Waals surface area (Å²) < 4.78 is 12.6. The lowest BCUT2D eigenvalue weighted by Crippen LogP contribution is -2.50. The molecule has 2 aromatic carbocycles. The Morgan fingerprint density at radius 2 is 1.87 bits per heavy atom. The number of hydrogen-bond acceptors (Lipinski definition) is 3. The lowest BCUT2D eigenvalue weighted by Gasteiger charge is -2.45. The fourth-order valence-corrected chi connectivity index (χ4v) is 3.63. The van der Waals surface area contributed by atoms with E-state index in [1.807, 2.05) is 36.4 Å². The van der Waals surface area contributed by atoms with Crippen molar-refractivity contribution in [1.82, 2.24) is 0 Å². The summed E-state index contributed by atoms with van der Waals surface area (Å²) in [5.74, 6) is 1.71. The molecule has 0 saturated carbocycles. The van der Waals surface area contributed by atoms with E-state index in [-0.39, 0.29) is 17.9 Å². The van der Waals surface area contributed by atoms with Gasteiger partial charge in [0.1, 0.15) is 11.5 Å². The second kappa shape index (κ2) is 5.78. The molecule has 3 nitrogen and oxygen atoms in total.